The van der Waals surface area contributed by atoms with Gasteiger partial charge in [0.05, 0.1) is 24.2 Å². The summed E-state index contributed by atoms with van der Waals surface area (Å²) in [5.41, 5.74) is 4.33. The van der Waals surface area contributed by atoms with E-state index < -0.39 is 6.29 Å². The Hall–Kier alpha value is -4.54. The second-order valence-electron chi connectivity index (χ2n) is 11.2. The quantitative estimate of drug-likeness (QED) is 0.333. The number of fused-ring (bicyclic) bond motifs is 2. The number of aromatic nitrogens is 2. The van der Waals surface area contributed by atoms with Crippen molar-refractivity contribution in [2.75, 3.05) is 19.9 Å². The van der Waals surface area contributed by atoms with Crippen LogP contribution in [0.4, 0.5) is 0 Å². The lowest BCUT2D eigenvalue weighted by atomic mass is 9.92. The van der Waals surface area contributed by atoms with Crippen molar-refractivity contribution in [3.63, 3.8) is 0 Å². The van der Waals surface area contributed by atoms with Crippen LogP contribution < -0.4 is 15.2 Å². The van der Waals surface area contributed by atoms with Gasteiger partial charge in [-0.05, 0) is 59.9 Å². The molecule has 4 aromatic rings. The number of nitrogens with zero attached hydrogens (tertiary/aromatic N) is 2. The zero-order valence-electron chi connectivity index (χ0n) is 23.6. The Morgan fingerprint density at radius 1 is 0.977 bits per heavy atom. The number of piperidine rings is 1. The Labute approximate surface area is 248 Å². The third-order valence-corrected chi connectivity index (χ3v) is 8.48. The fraction of sp³-hybridized carbons (Fsp3) is 0.333. The van der Waals surface area contributed by atoms with Gasteiger partial charge in [-0.3, -0.25) is 9.36 Å². The van der Waals surface area contributed by atoms with Gasteiger partial charge in [0, 0.05) is 31.5 Å². The highest BCUT2D eigenvalue weighted by Crippen LogP contribution is 2.39. The van der Waals surface area contributed by atoms with Gasteiger partial charge >= 0.3 is 5.69 Å². The van der Waals surface area contributed by atoms with E-state index in [9.17, 15) is 14.7 Å². The molecule has 0 aliphatic carbocycles. The van der Waals surface area contributed by atoms with Crippen molar-refractivity contribution < 1.29 is 28.8 Å². The van der Waals surface area contributed by atoms with Crippen molar-refractivity contribution >= 4 is 16.9 Å². The van der Waals surface area contributed by atoms with Crippen LogP contribution in [0.2, 0.25) is 0 Å². The average molecular weight is 584 g/mol. The lowest BCUT2D eigenvalue weighted by molar-refractivity contribution is -0.156. The maximum Gasteiger partial charge on any atom is 0.326 e. The second kappa shape index (κ2) is 11.6. The Kier molecular flexibility index (Phi) is 7.38. The number of hydrogen-bond acceptors (Lipinski definition) is 7. The molecule has 0 spiro atoms. The first kappa shape index (κ1) is 27.3. The van der Waals surface area contributed by atoms with Crippen molar-refractivity contribution in [2.24, 2.45) is 0 Å². The number of likely N-dealkylation sites (tertiary alicyclic amines) is 1. The number of para-hydroxylation sites is 2. The summed E-state index contributed by atoms with van der Waals surface area (Å²) in [7, 11) is 0. The van der Waals surface area contributed by atoms with E-state index in [2.05, 4.69) is 4.98 Å². The van der Waals surface area contributed by atoms with E-state index in [-0.39, 0.29) is 42.7 Å². The summed E-state index contributed by atoms with van der Waals surface area (Å²) in [4.78, 5) is 31.3. The number of carbonyl (C=O) groups excluding carboxylic acids is 1. The molecule has 0 saturated carbocycles. The fourth-order valence-corrected chi connectivity index (χ4v) is 6.14. The summed E-state index contributed by atoms with van der Waals surface area (Å²) in [6.07, 6.45) is 3.09. The van der Waals surface area contributed by atoms with Crippen LogP contribution in [0.15, 0.2) is 83.4 Å². The first-order chi connectivity index (χ1) is 21.1. The zero-order valence-corrected chi connectivity index (χ0v) is 23.6. The van der Waals surface area contributed by atoms with Gasteiger partial charge in [-0.25, -0.2) is 4.79 Å². The molecule has 7 rings (SSSR count). The SMILES string of the molecule is O=C(C1=C[C@H](c2ccc3c(c2)OCO3)C[C@H](OCc2ccc(CO)cc2)O1)N1CCC(n2c(=O)[nH]c3ccccc32)CC1. The molecule has 3 aromatic carbocycles. The standard InChI is InChI=1S/C33H33N3O7/c37-18-21-5-7-22(8-6-21)19-40-31-17-24(23-9-10-28-29(15-23)42-20-41-28)16-30(43-31)32(38)35-13-11-25(12-14-35)36-27-4-2-1-3-26(27)34-33(36)39/h1-10,15-16,24-25,31,37H,11-14,17-20H2,(H,34,39)/t24-,31+/m0/s1. The molecule has 3 aliphatic rings. The van der Waals surface area contributed by atoms with Crippen LogP contribution >= 0.6 is 0 Å². The first-order valence-electron chi connectivity index (χ1n) is 14.6. The molecule has 1 fully saturated rings. The highest BCUT2D eigenvalue weighted by Gasteiger charge is 2.34. The monoisotopic (exact) mass is 583 g/mol. The summed E-state index contributed by atoms with van der Waals surface area (Å²) in [5.74, 6) is 1.33. The van der Waals surface area contributed by atoms with E-state index >= 15 is 0 Å². The van der Waals surface area contributed by atoms with E-state index in [0.717, 1.165) is 27.7 Å². The minimum atomic E-state index is -0.640. The smallest absolute Gasteiger partial charge is 0.326 e. The van der Waals surface area contributed by atoms with Crippen LogP contribution in [-0.4, -0.2) is 51.6 Å². The van der Waals surface area contributed by atoms with Crippen molar-refractivity contribution in [3.05, 3.63) is 106 Å². The Bertz CT molecular complexity index is 1720. The summed E-state index contributed by atoms with van der Waals surface area (Å²) in [6.45, 7) is 1.49. The predicted molar refractivity (Wildman–Crippen MR) is 157 cm³/mol. The van der Waals surface area contributed by atoms with Crippen molar-refractivity contribution in [1.29, 1.82) is 0 Å². The van der Waals surface area contributed by atoms with Crippen LogP contribution in [0.3, 0.4) is 0 Å². The molecule has 43 heavy (non-hydrogen) atoms. The van der Waals surface area contributed by atoms with Gasteiger partial charge in [0.2, 0.25) is 13.1 Å². The van der Waals surface area contributed by atoms with Gasteiger partial charge in [0.25, 0.3) is 5.91 Å². The van der Waals surface area contributed by atoms with Crippen molar-refractivity contribution in [2.45, 2.75) is 50.7 Å². The van der Waals surface area contributed by atoms with Gasteiger partial charge in [0.1, 0.15) is 0 Å². The average Bonchev–Trinajstić information content (AvgIpc) is 3.66. The number of H-pyrrole nitrogens is 1. The molecule has 2 N–H and O–H groups in total. The summed E-state index contributed by atoms with van der Waals surface area (Å²) in [5, 5.41) is 9.34. The number of allylic oxidation sites excluding steroid dienone is 1. The number of hydrogen-bond donors (Lipinski definition) is 2. The molecule has 1 aromatic heterocycles. The largest absolute Gasteiger partial charge is 0.459 e. The summed E-state index contributed by atoms with van der Waals surface area (Å²) < 4.78 is 25.3. The number of carbonyl (C=O) groups is 1. The van der Waals surface area contributed by atoms with Crippen LogP contribution in [-0.2, 0) is 27.5 Å². The molecule has 4 heterocycles. The van der Waals surface area contributed by atoms with E-state index in [1.807, 2.05) is 77.4 Å². The normalized spacial score (nSPS) is 20.2. The van der Waals surface area contributed by atoms with E-state index in [1.165, 1.54) is 0 Å². The molecular weight excluding hydrogens is 550 g/mol. The highest BCUT2D eigenvalue weighted by molar-refractivity contribution is 5.92. The topological polar surface area (TPSA) is 115 Å². The van der Waals surface area contributed by atoms with Gasteiger partial charge in [-0.2, -0.15) is 0 Å². The summed E-state index contributed by atoms with van der Waals surface area (Å²) in [6, 6.07) is 21.0. The Balaban J connectivity index is 1.08. The number of benzene rings is 3. The van der Waals surface area contributed by atoms with Gasteiger partial charge in [-0.1, -0.05) is 42.5 Å². The molecule has 0 bridgehead atoms. The number of ether oxygens (including phenoxy) is 4. The Morgan fingerprint density at radius 3 is 2.56 bits per heavy atom. The number of aliphatic hydroxyl groups is 1. The molecule has 10 heteroatoms. The number of aliphatic hydroxyl groups excluding tert-OH is 1. The molecule has 2 atom stereocenters. The van der Waals surface area contributed by atoms with Gasteiger partial charge in [0.15, 0.2) is 17.3 Å². The lowest BCUT2D eigenvalue weighted by Crippen LogP contribution is -2.42. The molecule has 3 aliphatic heterocycles. The number of aromatic amines is 1. The number of rotatable bonds is 7. The number of amides is 1. The van der Waals surface area contributed by atoms with Crippen molar-refractivity contribution in [1.82, 2.24) is 14.5 Å². The number of imidazole rings is 1. The molecular formula is C33H33N3O7. The number of nitrogens with one attached hydrogen (secondary N) is 1. The minimum absolute atomic E-state index is 0.00337. The molecule has 222 valence electrons. The van der Waals surface area contributed by atoms with Crippen LogP contribution in [0.5, 0.6) is 11.5 Å². The van der Waals surface area contributed by atoms with Crippen molar-refractivity contribution in [3.8, 4) is 11.5 Å². The van der Waals surface area contributed by atoms with Crippen LogP contribution in [0.25, 0.3) is 11.0 Å². The van der Waals surface area contributed by atoms with E-state index in [4.69, 9.17) is 18.9 Å². The second-order valence-corrected chi connectivity index (χ2v) is 11.2. The molecule has 1 saturated heterocycles. The van der Waals surface area contributed by atoms with Crippen LogP contribution in [0.1, 0.15) is 47.9 Å². The fourth-order valence-electron chi connectivity index (χ4n) is 6.14. The third kappa shape index (κ3) is 5.51. The van der Waals surface area contributed by atoms with Gasteiger partial charge in [-0.15, -0.1) is 0 Å². The molecule has 10 nitrogen and oxygen atoms in total. The molecule has 0 unspecified atom stereocenters. The lowest BCUT2D eigenvalue weighted by Gasteiger charge is -2.35. The maximum atomic E-state index is 13.8. The predicted octanol–water partition coefficient (Wildman–Crippen LogP) is 4.35. The molecule has 0 radical (unpaired) electrons. The maximum absolute atomic E-state index is 13.8. The van der Waals surface area contributed by atoms with Crippen LogP contribution in [0, 0.1) is 0 Å². The van der Waals surface area contributed by atoms with E-state index in [0.29, 0.717) is 50.5 Å². The van der Waals surface area contributed by atoms with Gasteiger partial charge < -0.3 is 33.9 Å². The Morgan fingerprint density at radius 2 is 1.74 bits per heavy atom. The third-order valence-electron chi connectivity index (χ3n) is 8.48. The zero-order chi connectivity index (χ0) is 29.3. The minimum Gasteiger partial charge on any atom is -0.459 e. The molecule has 1 amide bonds. The highest BCUT2D eigenvalue weighted by atomic mass is 16.7. The summed E-state index contributed by atoms with van der Waals surface area (Å²) >= 11 is 0. The first-order valence-corrected chi connectivity index (χ1v) is 14.6. The van der Waals surface area contributed by atoms with E-state index in [1.54, 1.807) is 4.90 Å².